The average Bonchev–Trinajstić information content (AvgIpc) is 3.03. The molecule has 1 aliphatic rings. The van der Waals surface area contributed by atoms with Gasteiger partial charge in [0.1, 0.15) is 16.9 Å². The summed E-state index contributed by atoms with van der Waals surface area (Å²) >= 11 is 3.33. The normalized spacial score (nSPS) is 14.4. The van der Waals surface area contributed by atoms with Gasteiger partial charge < -0.3 is 9.64 Å². The van der Waals surface area contributed by atoms with Crippen molar-refractivity contribution < 1.29 is 17.9 Å². The third kappa shape index (κ3) is 5.07. The van der Waals surface area contributed by atoms with Crippen LogP contribution in [0.15, 0.2) is 27.9 Å². The molecule has 158 valence electrons. The van der Waals surface area contributed by atoms with E-state index in [0.29, 0.717) is 11.2 Å². The number of nitrogens with zero attached hydrogens (tertiary/aromatic N) is 4. The van der Waals surface area contributed by atoms with Crippen molar-refractivity contribution in [1.29, 1.82) is 0 Å². The van der Waals surface area contributed by atoms with Gasteiger partial charge in [-0.05, 0) is 33.6 Å². The molecule has 0 spiro atoms. The molecule has 0 bridgehead atoms. The van der Waals surface area contributed by atoms with E-state index in [9.17, 15) is 18.0 Å². The first kappa shape index (κ1) is 22.0. The van der Waals surface area contributed by atoms with Gasteiger partial charge in [-0.25, -0.2) is 9.67 Å². The maximum absolute atomic E-state index is 13.8. The molecular formula is C18H22BrF3N4O2Si. The highest BCUT2D eigenvalue weighted by atomic mass is 79.9. The lowest BCUT2D eigenvalue weighted by atomic mass is 10.2. The summed E-state index contributed by atoms with van der Waals surface area (Å²) in [7, 11) is -1.34. The van der Waals surface area contributed by atoms with Gasteiger partial charge in [-0.1, -0.05) is 19.6 Å². The Balaban J connectivity index is 1.87. The molecule has 3 heterocycles. The molecule has 3 rings (SSSR count). The molecule has 0 amide bonds. The SMILES string of the molecule is C[Si](C)(C)CCOCn1ncc(N2Cc3ccnc(Br)c3C2)c(C(F)(F)F)c1=O. The summed E-state index contributed by atoms with van der Waals surface area (Å²) in [5, 5.41) is 3.94. The van der Waals surface area contributed by atoms with Crippen LogP contribution in [-0.2, 0) is 30.7 Å². The molecule has 0 fully saturated rings. The molecule has 11 heteroatoms. The minimum atomic E-state index is -4.81. The largest absolute Gasteiger partial charge is 0.423 e. The summed E-state index contributed by atoms with van der Waals surface area (Å²) in [5.74, 6) is 0. The van der Waals surface area contributed by atoms with Crippen molar-refractivity contribution in [3.05, 3.63) is 50.1 Å². The van der Waals surface area contributed by atoms with Crippen LogP contribution in [0.5, 0.6) is 0 Å². The number of alkyl halides is 3. The van der Waals surface area contributed by atoms with E-state index in [2.05, 4.69) is 45.7 Å². The second-order valence-corrected chi connectivity index (χ2v) is 14.5. The minimum absolute atomic E-state index is 0.213. The maximum atomic E-state index is 13.8. The Morgan fingerprint density at radius 2 is 2.00 bits per heavy atom. The predicted molar refractivity (Wildman–Crippen MR) is 109 cm³/mol. The van der Waals surface area contributed by atoms with E-state index in [1.54, 1.807) is 12.3 Å². The van der Waals surface area contributed by atoms with E-state index < -0.39 is 25.4 Å². The lowest BCUT2D eigenvalue weighted by molar-refractivity contribution is -0.138. The van der Waals surface area contributed by atoms with Crippen LogP contribution in [0.3, 0.4) is 0 Å². The van der Waals surface area contributed by atoms with Crippen LogP contribution < -0.4 is 10.5 Å². The second-order valence-electron chi connectivity index (χ2n) is 8.15. The Hall–Kier alpha value is -1.72. The number of fused-ring (bicyclic) bond motifs is 1. The fourth-order valence-electron chi connectivity index (χ4n) is 3.05. The van der Waals surface area contributed by atoms with Crippen molar-refractivity contribution >= 4 is 29.7 Å². The molecule has 1 aliphatic heterocycles. The quantitative estimate of drug-likeness (QED) is 0.344. The first-order valence-electron chi connectivity index (χ1n) is 9.09. The topological polar surface area (TPSA) is 60.2 Å². The molecule has 0 aliphatic carbocycles. The van der Waals surface area contributed by atoms with Gasteiger partial charge in [-0.2, -0.15) is 18.3 Å². The first-order valence-corrected chi connectivity index (χ1v) is 13.6. The van der Waals surface area contributed by atoms with Crippen LogP contribution >= 0.6 is 15.9 Å². The number of hydrogen-bond acceptors (Lipinski definition) is 5. The highest BCUT2D eigenvalue weighted by Gasteiger charge is 2.40. The highest BCUT2D eigenvalue weighted by Crippen LogP contribution is 2.38. The second kappa shape index (κ2) is 8.19. The van der Waals surface area contributed by atoms with Gasteiger partial charge in [-0.15, -0.1) is 0 Å². The van der Waals surface area contributed by atoms with Gasteiger partial charge in [-0.3, -0.25) is 4.79 Å². The average molecular weight is 491 g/mol. The minimum Gasteiger partial charge on any atom is -0.361 e. The lowest BCUT2D eigenvalue weighted by Crippen LogP contribution is -2.34. The van der Waals surface area contributed by atoms with Crippen molar-refractivity contribution in [3.63, 3.8) is 0 Å². The zero-order valence-electron chi connectivity index (χ0n) is 16.4. The van der Waals surface area contributed by atoms with E-state index in [1.165, 1.54) is 4.90 Å². The number of hydrogen-bond donors (Lipinski definition) is 0. The Kier molecular flexibility index (Phi) is 6.21. The van der Waals surface area contributed by atoms with Crippen molar-refractivity contribution in [1.82, 2.24) is 14.8 Å². The van der Waals surface area contributed by atoms with Crippen LogP contribution in [0.25, 0.3) is 0 Å². The van der Waals surface area contributed by atoms with Crippen molar-refractivity contribution in [2.75, 3.05) is 11.5 Å². The van der Waals surface area contributed by atoms with Gasteiger partial charge in [0.25, 0.3) is 5.56 Å². The molecule has 29 heavy (non-hydrogen) atoms. The highest BCUT2D eigenvalue weighted by molar-refractivity contribution is 9.10. The Labute approximate surface area is 175 Å². The summed E-state index contributed by atoms with van der Waals surface area (Å²) in [6.07, 6.45) is -2.12. The third-order valence-corrected chi connectivity index (χ3v) is 7.06. The van der Waals surface area contributed by atoms with Crippen molar-refractivity contribution in [2.45, 2.75) is 51.7 Å². The molecule has 0 atom stereocenters. The maximum Gasteiger partial charge on any atom is 0.423 e. The van der Waals surface area contributed by atoms with E-state index in [4.69, 9.17) is 4.74 Å². The Morgan fingerprint density at radius 1 is 1.28 bits per heavy atom. The molecule has 0 N–H and O–H groups in total. The molecule has 2 aromatic heterocycles. The van der Waals surface area contributed by atoms with Crippen LogP contribution in [-0.4, -0.2) is 29.4 Å². The molecule has 2 aromatic rings. The molecular weight excluding hydrogens is 469 g/mol. The number of ether oxygens (including phenoxy) is 1. The summed E-state index contributed by atoms with van der Waals surface area (Å²) in [6, 6.07) is 2.61. The van der Waals surface area contributed by atoms with E-state index in [1.807, 2.05) is 0 Å². The van der Waals surface area contributed by atoms with E-state index in [0.717, 1.165) is 28.0 Å². The monoisotopic (exact) mass is 490 g/mol. The van der Waals surface area contributed by atoms with Crippen LogP contribution in [0, 0.1) is 0 Å². The standard InChI is InChI=1S/C18H22BrF3N4O2Si/c1-29(2,3)7-6-28-11-26-17(27)15(18(20,21)22)14(8-24-26)25-9-12-4-5-23-16(19)13(12)10-25/h4-5,8H,6-7,9-11H2,1-3H3. The van der Waals surface area contributed by atoms with Crippen LogP contribution in [0.2, 0.25) is 25.7 Å². The first-order chi connectivity index (χ1) is 13.5. The van der Waals surface area contributed by atoms with E-state index in [-0.39, 0.29) is 25.5 Å². The number of aromatic nitrogens is 3. The molecule has 0 saturated heterocycles. The molecule has 0 unspecified atom stereocenters. The third-order valence-electron chi connectivity index (χ3n) is 4.67. The van der Waals surface area contributed by atoms with Crippen molar-refractivity contribution in [2.24, 2.45) is 0 Å². The van der Waals surface area contributed by atoms with Gasteiger partial charge >= 0.3 is 6.18 Å². The lowest BCUT2D eigenvalue weighted by Gasteiger charge is -2.22. The predicted octanol–water partition coefficient (Wildman–Crippen LogP) is 4.25. The zero-order valence-corrected chi connectivity index (χ0v) is 19.0. The number of anilines is 1. The molecule has 6 nitrogen and oxygen atoms in total. The zero-order chi connectivity index (χ0) is 21.4. The van der Waals surface area contributed by atoms with Gasteiger partial charge in [0, 0.05) is 39.5 Å². The summed E-state index contributed by atoms with van der Waals surface area (Å²) in [6.45, 7) is 7.04. The van der Waals surface area contributed by atoms with Gasteiger partial charge in [0.2, 0.25) is 0 Å². The molecule has 0 saturated carbocycles. The fraction of sp³-hybridized carbons (Fsp3) is 0.500. The summed E-state index contributed by atoms with van der Waals surface area (Å²) in [4.78, 5) is 18.2. The fourth-order valence-corrected chi connectivity index (χ4v) is 4.30. The van der Waals surface area contributed by atoms with Crippen LogP contribution in [0.4, 0.5) is 18.9 Å². The van der Waals surface area contributed by atoms with Crippen molar-refractivity contribution in [3.8, 4) is 0 Å². The van der Waals surface area contributed by atoms with Crippen LogP contribution in [0.1, 0.15) is 16.7 Å². The Morgan fingerprint density at radius 3 is 2.62 bits per heavy atom. The number of halogens is 4. The summed E-state index contributed by atoms with van der Waals surface area (Å²) in [5.41, 5.74) is -0.989. The Bertz CT molecular complexity index is 960. The van der Waals surface area contributed by atoms with E-state index >= 15 is 0 Å². The number of rotatable bonds is 6. The smallest absolute Gasteiger partial charge is 0.361 e. The van der Waals surface area contributed by atoms with Gasteiger partial charge in [0.15, 0.2) is 0 Å². The van der Waals surface area contributed by atoms with Gasteiger partial charge in [0.05, 0.1) is 11.9 Å². The number of pyridine rings is 1. The summed E-state index contributed by atoms with van der Waals surface area (Å²) < 4.78 is 48.0. The molecule has 0 aromatic carbocycles. The molecule has 0 radical (unpaired) electrons.